The van der Waals surface area contributed by atoms with Crippen LogP contribution in [-0.2, 0) is 0 Å². The highest BCUT2D eigenvalue weighted by molar-refractivity contribution is 7.26. The molecule has 0 spiro atoms. The molecule has 0 aliphatic carbocycles. The maximum atomic E-state index is 6.88. The van der Waals surface area contributed by atoms with E-state index in [0.717, 1.165) is 137 Å². The lowest BCUT2D eigenvalue weighted by Gasteiger charge is -2.10. The molecular formula is C98H56N10O2S2. The van der Waals surface area contributed by atoms with Crippen molar-refractivity contribution >= 4 is 107 Å². The van der Waals surface area contributed by atoms with Crippen molar-refractivity contribution in [3.05, 3.63) is 340 Å². The summed E-state index contributed by atoms with van der Waals surface area (Å²) in [6.07, 6.45) is 0. The standard InChI is InChI=1S/C98H56N10O2S2/c1-6-21-61(22-7-1)91-99-85(60-45-41-58(42-46-60)72-35-19-36-73-76-55-69(49-52-80(76)112-90(72)73)97-105-92(62-23-8-2-9-24-62)103-93(106-97)63-25-10-3-11-26-63)89-87(102-91)77-54-67(48-51-79(77)110-89)66-31-18-32-68(53-66)96-100-84(88-86(101-96)74-33-16-17-37-78(74)109-88)59-43-39-57(40-44-59)71-34-20-38-81-83(71)75-50-47-70(56-82(75)111-81)98-107-94(64-27-12-4-13-28-64)104-95(108-98)65-29-14-5-15-30-65/h1-56H. The lowest BCUT2D eigenvalue weighted by molar-refractivity contribution is 0.667. The molecule has 8 aromatic heterocycles. The number of rotatable bonds is 13. The van der Waals surface area contributed by atoms with Crippen molar-refractivity contribution in [1.29, 1.82) is 0 Å². The highest BCUT2D eigenvalue weighted by atomic mass is 32.1. The summed E-state index contributed by atoms with van der Waals surface area (Å²) in [5.74, 6) is 4.94. The summed E-state index contributed by atoms with van der Waals surface area (Å²) >= 11 is 3.56. The van der Waals surface area contributed by atoms with Crippen molar-refractivity contribution < 1.29 is 8.83 Å². The van der Waals surface area contributed by atoms with Gasteiger partial charge in [0.15, 0.2) is 57.8 Å². The van der Waals surface area contributed by atoms with E-state index in [1.54, 1.807) is 22.7 Å². The first-order valence-electron chi connectivity index (χ1n) is 36.9. The molecule has 0 unspecified atom stereocenters. The van der Waals surface area contributed by atoms with Crippen molar-refractivity contribution in [1.82, 2.24) is 49.8 Å². The molecule has 0 amide bonds. The van der Waals surface area contributed by atoms with Gasteiger partial charge in [0, 0.05) is 107 Å². The SMILES string of the molecule is c1ccc(-c2nc(-c3ccccc3)nc(-c3ccc4c(c3)sc3cccc(-c5ccc(-c6nc(-c7cccc(-c8ccc9oc%10c(-c%11ccc(-c%12cccc%13c%12sc%12ccc(-c%14nc(-c%15ccccc%15)nc(-c%15ccccc%15)n%14)cc%12%13)cc%11)nc(-c%11ccccc%11)nc%10c9c8)c7)nc7c6oc6ccccc67)cc5)c34)n2)cc1. The van der Waals surface area contributed by atoms with Gasteiger partial charge in [-0.1, -0.05) is 279 Å². The lowest BCUT2D eigenvalue weighted by Crippen LogP contribution is -2.00. The molecule has 12 nitrogen and oxygen atoms in total. The van der Waals surface area contributed by atoms with Gasteiger partial charge in [0.1, 0.15) is 33.6 Å². The maximum Gasteiger partial charge on any atom is 0.180 e. The predicted molar refractivity (Wildman–Crippen MR) is 455 cm³/mol. The second kappa shape index (κ2) is 26.6. The summed E-state index contributed by atoms with van der Waals surface area (Å²) in [7, 11) is 0. The van der Waals surface area contributed by atoms with Crippen LogP contribution in [0.2, 0.25) is 0 Å². The molecule has 0 atom stereocenters. The van der Waals surface area contributed by atoms with Crippen LogP contribution in [0, 0.1) is 0 Å². The Morgan fingerprint density at radius 3 is 1.16 bits per heavy atom. The van der Waals surface area contributed by atoms with Crippen LogP contribution in [0.5, 0.6) is 0 Å². The number of fused-ring (bicyclic) bond motifs is 12. The number of thiophene rings is 2. The number of furan rings is 2. The molecule has 112 heavy (non-hydrogen) atoms. The van der Waals surface area contributed by atoms with Gasteiger partial charge in [0.2, 0.25) is 0 Å². The zero-order valence-electron chi connectivity index (χ0n) is 59.4. The van der Waals surface area contributed by atoms with E-state index in [2.05, 4.69) is 176 Å². The van der Waals surface area contributed by atoms with Gasteiger partial charge in [-0.2, -0.15) is 0 Å². The zero-order valence-corrected chi connectivity index (χ0v) is 61.1. The van der Waals surface area contributed by atoms with E-state index < -0.39 is 0 Å². The molecule has 22 aromatic rings. The van der Waals surface area contributed by atoms with E-state index in [-0.39, 0.29) is 0 Å². The van der Waals surface area contributed by atoms with Crippen LogP contribution in [0.25, 0.3) is 231 Å². The molecule has 22 rings (SSSR count). The van der Waals surface area contributed by atoms with E-state index in [4.69, 9.17) is 58.7 Å². The quantitative estimate of drug-likeness (QED) is 0.108. The molecule has 0 aliphatic rings. The van der Waals surface area contributed by atoms with Crippen LogP contribution < -0.4 is 0 Å². The van der Waals surface area contributed by atoms with Gasteiger partial charge in [0.25, 0.3) is 0 Å². The normalized spacial score (nSPS) is 11.8. The van der Waals surface area contributed by atoms with Crippen molar-refractivity contribution in [3.63, 3.8) is 0 Å². The highest BCUT2D eigenvalue weighted by Gasteiger charge is 2.25. The van der Waals surface area contributed by atoms with Crippen LogP contribution in [0.15, 0.2) is 349 Å². The summed E-state index contributed by atoms with van der Waals surface area (Å²) in [6.45, 7) is 0. The summed E-state index contributed by atoms with van der Waals surface area (Å²) in [4.78, 5) is 51.5. The van der Waals surface area contributed by atoms with Gasteiger partial charge >= 0.3 is 0 Å². The third kappa shape index (κ3) is 11.3. The van der Waals surface area contributed by atoms with E-state index >= 15 is 0 Å². The fraction of sp³-hybridized carbons (Fsp3) is 0. The Balaban J connectivity index is 0.586. The summed E-state index contributed by atoms with van der Waals surface area (Å²) < 4.78 is 18.3. The van der Waals surface area contributed by atoms with Crippen LogP contribution in [-0.4, -0.2) is 49.8 Å². The van der Waals surface area contributed by atoms with Gasteiger partial charge in [-0.05, 0) is 94.0 Å². The molecule has 0 saturated heterocycles. The molecule has 14 heteroatoms. The number of para-hydroxylation sites is 1. The van der Waals surface area contributed by atoms with E-state index in [0.29, 0.717) is 74.7 Å². The van der Waals surface area contributed by atoms with Gasteiger partial charge in [-0.25, -0.2) is 49.8 Å². The Morgan fingerprint density at radius 1 is 0.196 bits per heavy atom. The Kier molecular flexibility index (Phi) is 15.3. The topological polar surface area (TPSA) is 155 Å². The fourth-order valence-corrected chi connectivity index (χ4v) is 17.7. The third-order valence-electron chi connectivity index (χ3n) is 20.9. The summed E-state index contributed by atoms with van der Waals surface area (Å²) in [5.41, 5.74) is 21.1. The van der Waals surface area contributed by atoms with Gasteiger partial charge in [-0.15, -0.1) is 22.7 Å². The number of aromatic nitrogens is 10. The van der Waals surface area contributed by atoms with Crippen molar-refractivity contribution in [2.45, 2.75) is 0 Å². The Morgan fingerprint density at radius 2 is 0.580 bits per heavy atom. The average Bonchev–Trinajstić information content (AvgIpc) is 1.58. The van der Waals surface area contributed by atoms with Crippen LogP contribution >= 0.6 is 22.7 Å². The van der Waals surface area contributed by atoms with Crippen LogP contribution in [0.4, 0.5) is 0 Å². The van der Waals surface area contributed by atoms with Crippen LogP contribution in [0.1, 0.15) is 0 Å². The van der Waals surface area contributed by atoms with Gasteiger partial charge in [0.05, 0.1) is 0 Å². The molecule has 0 N–H and O–H groups in total. The Labute approximate surface area is 648 Å². The summed E-state index contributed by atoms with van der Waals surface area (Å²) in [6, 6.07) is 117. The monoisotopic (exact) mass is 1470 g/mol. The molecule has 0 bridgehead atoms. The molecule has 522 valence electrons. The molecule has 8 heterocycles. The minimum atomic E-state index is 0.576. The van der Waals surface area contributed by atoms with Crippen molar-refractivity contribution in [3.8, 4) is 147 Å². The smallest absolute Gasteiger partial charge is 0.180 e. The first-order chi connectivity index (χ1) is 55.4. The number of benzene rings is 14. The minimum absolute atomic E-state index is 0.576. The molecule has 0 saturated carbocycles. The zero-order chi connectivity index (χ0) is 73.7. The van der Waals surface area contributed by atoms with Crippen molar-refractivity contribution in [2.24, 2.45) is 0 Å². The molecular weight excluding hydrogens is 1410 g/mol. The van der Waals surface area contributed by atoms with Crippen LogP contribution in [0.3, 0.4) is 0 Å². The van der Waals surface area contributed by atoms with E-state index in [1.165, 1.54) is 19.5 Å². The molecule has 14 aromatic carbocycles. The minimum Gasteiger partial charge on any atom is -0.452 e. The second-order valence-electron chi connectivity index (χ2n) is 27.7. The lowest BCUT2D eigenvalue weighted by atomic mass is 9.97. The molecule has 0 radical (unpaired) electrons. The average molecular weight is 1470 g/mol. The highest BCUT2D eigenvalue weighted by Crippen LogP contribution is 2.47. The largest absolute Gasteiger partial charge is 0.452 e. The van der Waals surface area contributed by atoms with E-state index in [9.17, 15) is 0 Å². The maximum absolute atomic E-state index is 6.88. The predicted octanol–water partition coefficient (Wildman–Crippen LogP) is 25.8. The Hall–Kier alpha value is -14.7. The Bertz CT molecular complexity index is 7370. The first-order valence-corrected chi connectivity index (χ1v) is 38.5. The summed E-state index contributed by atoms with van der Waals surface area (Å²) in [5, 5.41) is 6.45. The fourth-order valence-electron chi connectivity index (χ4n) is 15.3. The molecule has 0 aliphatic heterocycles. The first kappa shape index (κ1) is 64.5. The van der Waals surface area contributed by atoms with Crippen molar-refractivity contribution in [2.75, 3.05) is 0 Å². The molecule has 0 fully saturated rings. The number of nitrogens with zero attached hydrogens (tertiary/aromatic N) is 10. The number of hydrogen-bond acceptors (Lipinski definition) is 14. The second-order valence-corrected chi connectivity index (χ2v) is 29.9. The number of hydrogen-bond donors (Lipinski definition) is 0. The van der Waals surface area contributed by atoms with Gasteiger partial charge < -0.3 is 8.83 Å². The van der Waals surface area contributed by atoms with Gasteiger partial charge in [-0.3, -0.25) is 0 Å². The third-order valence-corrected chi connectivity index (χ3v) is 23.2. The van der Waals surface area contributed by atoms with E-state index in [1.807, 2.05) is 164 Å².